The van der Waals surface area contributed by atoms with E-state index in [4.69, 9.17) is 21.4 Å². The van der Waals surface area contributed by atoms with Crippen LogP contribution in [0, 0.1) is 0 Å². The van der Waals surface area contributed by atoms with E-state index in [2.05, 4.69) is 4.98 Å². The Hall–Kier alpha value is -2.73. The lowest BCUT2D eigenvalue weighted by Crippen LogP contribution is -2.09. The maximum atomic E-state index is 12.3. The third-order valence-corrected chi connectivity index (χ3v) is 4.00. The third-order valence-electron chi connectivity index (χ3n) is 3.76. The van der Waals surface area contributed by atoms with Gasteiger partial charge in [-0.15, -0.1) is 0 Å². The molecule has 0 aliphatic carbocycles. The summed E-state index contributed by atoms with van der Waals surface area (Å²) in [4.78, 5) is 25.6. The largest absolute Gasteiger partial charge is 0.492 e. The molecule has 7 heteroatoms. The molecule has 0 atom stereocenters. The van der Waals surface area contributed by atoms with Gasteiger partial charge >= 0.3 is 5.97 Å². The predicted octanol–water partition coefficient (Wildman–Crippen LogP) is 3.58. The molecule has 3 rings (SSSR count). The van der Waals surface area contributed by atoms with Crippen LogP contribution in [0.25, 0.3) is 16.8 Å². The average molecular weight is 361 g/mol. The van der Waals surface area contributed by atoms with Gasteiger partial charge < -0.3 is 19.2 Å². The zero-order valence-electron chi connectivity index (χ0n) is 13.4. The maximum Gasteiger partial charge on any atom is 0.303 e. The van der Waals surface area contributed by atoms with E-state index >= 15 is 0 Å². The second kappa shape index (κ2) is 7.44. The molecule has 2 aromatic heterocycles. The molecule has 0 aliphatic rings. The van der Waals surface area contributed by atoms with Gasteiger partial charge in [0.15, 0.2) is 0 Å². The van der Waals surface area contributed by atoms with Crippen molar-refractivity contribution in [3.8, 4) is 17.0 Å². The number of hydrogen-bond acceptors (Lipinski definition) is 3. The minimum atomic E-state index is -0.810. The van der Waals surface area contributed by atoms with Crippen LogP contribution in [0.4, 0.5) is 0 Å². The molecular weight excluding hydrogens is 344 g/mol. The number of carboxylic acid groups (broad SMARTS) is 1. The lowest BCUT2D eigenvalue weighted by molar-refractivity contribution is -0.137. The van der Waals surface area contributed by atoms with Crippen molar-refractivity contribution >= 4 is 23.1 Å². The van der Waals surface area contributed by atoms with Gasteiger partial charge in [0.05, 0.1) is 18.5 Å². The molecule has 0 unspecified atom stereocenters. The Bertz CT molecular complexity index is 961. The monoisotopic (exact) mass is 360 g/mol. The van der Waals surface area contributed by atoms with Crippen molar-refractivity contribution in [3.63, 3.8) is 0 Å². The summed E-state index contributed by atoms with van der Waals surface area (Å²) in [5.74, 6) is -0.237. The van der Waals surface area contributed by atoms with Crippen LogP contribution in [0.1, 0.15) is 19.3 Å². The molecular formula is C18H17ClN2O4. The lowest BCUT2D eigenvalue weighted by Gasteiger charge is -2.03. The van der Waals surface area contributed by atoms with Crippen molar-refractivity contribution in [2.24, 2.45) is 0 Å². The Kier molecular flexibility index (Phi) is 5.09. The summed E-state index contributed by atoms with van der Waals surface area (Å²) in [6.45, 7) is 0.406. The summed E-state index contributed by atoms with van der Waals surface area (Å²) in [5, 5.41) is 9.20. The van der Waals surface area contributed by atoms with Crippen LogP contribution >= 0.6 is 11.6 Å². The summed E-state index contributed by atoms with van der Waals surface area (Å²) in [5.41, 5.74) is 1.73. The van der Waals surface area contributed by atoms with Crippen molar-refractivity contribution in [1.29, 1.82) is 0 Å². The first kappa shape index (κ1) is 17.1. The molecule has 25 heavy (non-hydrogen) atoms. The first-order valence-electron chi connectivity index (χ1n) is 7.88. The number of nitrogens with one attached hydrogen (secondary N) is 1. The summed E-state index contributed by atoms with van der Waals surface area (Å²) >= 11 is 6.00. The highest BCUT2D eigenvalue weighted by Gasteiger charge is 2.08. The van der Waals surface area contributed by atoms with Crippen LogP contribution in [-0.4, -0.2) is 27.1 Å². The smallest absolute Gasteiger partial charge is 0.303 e. The fraction of sp³-hybridized carbons (Fsp3) is 0.222. The molecule has 0 aliphatic heterocycles. The number of H-pyrrole nitrogens is 1. The van der Waals surface area contributed by atoms with Crippen molar-refractivity contribution in [1.82, 2.24) is 9.38 Å². The van der Waals surface area contributed by atoms with Gasteiger partial charge in [-0.05, 0) is 25.0 Å². The van der Waals surface area contributed by atoms with Crippen molar-refractivity contribution < 1.29 is 14.6 Å². The maximum absolute atomic E-state index is 12.3. The highest BCUT2D eigenvalue weighted by molar-refractivity contribution is 6.30. The van der Waals surface area contributed by atoms with Gasteiger partial charge in [-0.25, -0.2) is 0 Å². The van der Waals surface area contributed by atoms with Crippen molar-refractivity contribution in [2.45, 2.75) is 19.3 Å². The average Bonchev–Trinajstić information content (AvgIpc) is 2.98. The molecule has 0 fully saturated rings. The van der Waals surface area contributed by atoms with E-state index in [1.807, 2.05) is 12.1 Å². The zero-order valence-corrected chi connectivity index (χ0v) is 14.1. The Morgan fingerprint density at radius 3 is 2.84 bits per heavy atom. The van der Waals surface area contributed by atoms with E-state index in [1.54, 1.807) is 35.0 Å². The van der Waals surface area contributed by atoms with Gasteiger partial charge in [0.2, 0.25) is 0 Å². The third kappa shape index (κ3) is 4.22. The Morgan fingerprint density at radius 1 is 1.24 bits per heavy atom. The Labute approximate surface area is 148 Å². The van der Waals surface area contributed by atoms with Gasteiger partial charge in [-0.1, -0.05) is 23.7 Å². The standard InChI is InChI=1S/C18H17ClN2O4/c19-13-5-3-4-12(8-13)15-11-21-10-14(9-16(21)18(24)20-15)25-7-2-1-6-17(22)23/h3-5,8-11H,1-2,6-7H2,(H,20,24)(H,22,23). The summed E-state index contributed by atoms with van der Waals surface area (Å²) < 4.78 is 7.31. The molecule has 1 aromatic carbocycles. The second-order valence-electron chi connectivity index (χ2n) is 5.67. The summed E-state index contributed by atoms with van der Waals surface area (Å²) in [6.07, 6.45) is 4.87. The first-order valence-corrected chi connectivity index (χ1v) is 8.26. The van der Waals surface area contributed by atoms with Gasteiger partial charge in [-0.2, -0.15) is 0 Å². The van der Waals surface area contributed by atoms with E-state index < -0.39 is 5.97 Å². The minimum Gasteiger partial charge on any atom is -0.492 e. The highest BCUT2D eigenvalue weighted by atomic mass is 35.5. The number of aromatic amines is 1. The van der Waals surface area contributed by atoms with Crippen LogP contribution in [0.2, 0.25) is 5.02 Å². The highest BCUT2D eigenvalue weighted by Crippen LogP contribution is 2.22. The number of hydrogen-bond donors (Lipinski definition) is 2. The van der Waals surface area contributed by atoms with Crippen LogP contribution < -0.4 is 10.3 Å². The number of aliphatic carboxylic acids is 1. The molecule has 2 N–H and O–H groups in total. The molecule has 0 bridgehead atoms. The number of carbonyl (C=O) groups is 1. The summed E-state index contributed by atoms with van der Waals surface area (Å²) in [6, 6.07) is 8.90. The molecule has 6 nitrogen and oxygen atoms in total. The molecule has 0 amide bonds. The number of nitrogens with zero attached hydrogens (tertiary/aromatic N) is 1. The number of benzene rings is 1. The Balaban J connectivity index is 1.77. The van der Waals surface area contributed by atoms with Crippen LogP contribution in [0.15, 0.2) is 47.5 Å². The lowest BCUT2D eigenvalue weighted by atomic mass is 10.2. The van der Waals surface area contributed by atoms with Gasteiger partial charge in [0.1, 0.15) is 11.3 Å². The van der Waals surface area contributed by atoms with E-state index in [1.165, 1.54) is 0 Å². The number of unbranched alkanes of at least 4 members (excludes halogenated alkanes) is 1. The first-order chi connectivity index (χ1) is 12.0. The van der Waals surface area contributed by atoms with E-state index in [9.17, 15) is 9.59 Å². The van der Waals surface area contributed by atoms with Crippen LogP contribution in [0.5, 0.6) is 5.75 Å². The number of ether oxygens (including phenoxy) is 1. The molecule has 3 aromatic rings. The number of carboxylic acids is 1. The fourth-order valence-corrected chi connectivity index (χ4v) is 2.74. The molecule has 0 spiro atoms. The number of halogens is 1. The fourth-order valence-electron chi connectivity index (χ4n) is 2.55. The van der Waals surface area contributed by atoms with Crippen molar-refractivity contribution in [2.75, 3.05) is 6.61 Å². The van der Waals surface area contributed by atoms with E-state index in [-0.39, 0.29) is 12.0 Å². The van der Waals surface area contributed by atoms with Gasteiger partial charge in [-0.3, -0.25) is 9.59 Å². The quantitative estimate of drug-likeness (QED) is 0.631. The SMILES string of the molecule is O=C(O)CCCCOc1cc2c(=O)[nH]c(-c3cccc(Cl)c3)cn2c1. The minimum absolute atomic E-state index is 0.129. The van der Waals surface area contributed by atoms with Crippen molar-refractivity contribution in [3.05, 3.63) is 58.1 Å². The second-order valence-corrected chi connectivity index (χ2v) is 6.11. The molecule has 0 saturated heterocycles. The van der Waals surface area contributed by atoms with Gasteiger partial charge in [0, 0.05) is 29.3 Å². The Morgan fingerprint density at radius 2 is 2.08 bits per heavy atom. The summed E-state index contributed by atoms with van der Waals surface area (Å²) in [7, 11) is 0. The predicted molar refractivity (Wildman–Crippen MR) is 95.4 cm³/mol. The normalized spacial score (nSPS) is 10.9. The van der Waals surface area contributed by atoms with Crippen LogP contribution in [0.3, 0.4) is 0 Å². The van der Waals surface area contributed by atoms with E-state index in [0.29, 0.717) is 41.4 Å². The number of fused-ring (bicyclic) bond motifs is 1. The topological polar surface area (TPSA) is 83.8 Å². The number of aromatic nitrogens is 2. The van der Waals surface area contributed by atoms with Crippen LogP contribution in [-0.2, 0) is 4.79 Å². The molecule has 2 heterocycles. The molecule has 0 radical (unpaired) electrons. The van der Waals surface area contributed by atoms with E-state index in [0.717, 1.165) is 5.56 Å². The zero-order chi connectivity index (χ0) is 17.8. The molecule has 0 saturated carbocycles. The van der Waals surface area contributed by atoms with Gasteiger partial charge in [0.25, 0.3) is 5.56 Å². The number of rotatable bonds is 7. The molecule has 130 valence electrons.